The van der Waals surface area contributed by atoms with Crippen LogP contribution in [0.15, 0.2) is 18.2 Å². The summed E-state index contributed by atoms with van der Waals surface area (Å²) < 4.78 is 4.62. The molecule has 92 valence electrons. The van der Waals surface area contributed by atoms with Gasteiger partial charge in [0.15, 0.2) is 0 Å². The SMILES string of the molecule is O=C(Nc1ccc(C(=O)O)cc1O)OCCCl. The highest BCUT2D eigenvalue weighted by molar-refractivity contribution is 6.18. The minimum absolute atomic E-state index is 0.0430. The van der Waals surface area contributed by atoms with Crippen LogP contribution in [0.5, 0.6) is 5.75 Å². The molecule has 0 aliphatic carbocycles. The Kier molecular flexibility index (Phi) is 4.59. The number of ether oxygens (including phenoxy) is 1. The second kappa shape index (κ2) is 5.95. The van der Waals surface area contributed by atoms with Crippen molar-refractivity contribution in [2.45, 2.75) is 0 Å². The summed E-state index contributed by atoms with van der Waals surface area (Å²) in [7, 11) is 0. The maximum absolute atomic E-state index is 11.1. The molecule has 7 heteroatoms. The molecule has 3 N–H and O–H groups in total. The lowest BCUT2D eigenvalue weighted by Crippen LogP contribution is -2.15. The van der Waals surface area contributed by atoms with Gasteiger partial charge in [0.2, 0.25) is 0 Å². The number of alkyl halides is 1. The third-order valence-corrected chi connectivity index (χ3v) is 1.95. The molecule has 0 spiro atoms. The van der Waals surface area contributed by atoms with E-state index >= 15 is 0 Å². The van der Waals surface area contributed by atoms with Crippen LogP contribution in [-0.2, 0) is 4.74 Å². The van der Waals surface area contributed by atoms with Crippen molar-refractivity contribution >= 4 is 29.4 Å². The number of phenols is 1. The van der Waals surface area contributed by atoms with Crippen LogP contribution < -0.4 is 5.32 Å². The van der Waals surface area contributed by atoms with Crippen LogP contribution in [0.25, 0.3) is 0 Å². The zero-order chi connectivity index (χ0) is 12.8. The number of hydrogen-bond acceptors (Lipinski definition) is 4. The number of halogens is 1. The molecule has 1 aromatic carbocycles. The van der Waals surface area contributed by atoms with E-state index in [1.54, 1.807) is 0 Å². The number of carbonyl (C=O) groups excluding carboxylic acids is 1. The topological polar surface area (TPSA) is 95.9 Å². The van der Waals surface area contributed by atoms with Gasteiger partial charge in [0, 0.05) is 0 Å². The summed E-state index contributed by atoms with van der Waals surface area (Å²) in [4.78, 5) is 21.7. The number of anilines is 1. The summed E-state index contributed by atoms with van der Waals surface area (Å²) >= 11 is 5.32. The fraction of sp³-hybridized carbons (Fsp3) is 0.200. The Morgan fingerprint density at radius 3 is 2.65 bits per heavy atom. The van der Waals surface area contributed by atoms with E-state index < -0.39 is 12.1 Å². The number of rotatable bonds is 4. The van der Waals surface area contributed by atoms with E-state index in [0.29, 0.717) is 0 Å². The molecule has 17 heavy (non-hydrogen) atoms. The van der Waals surface area contributed by atoms with Gasteiger partial charge in [0.05, 0.1) is 17.1 Å². The predicted molar refractivity (Wildman–Crippen MR) is 60.8 cm³/mol. The van der Waals surface area contributed by atoms with Crippen molar-refractivity contribution < 1.29 is 24.5 Å². The van der Waals surface area contributed by atoms with E-state index in [9.17, 15) is 14.7 Å². The van der Waals surface area contributed by atoms with Crippen molar-refractivity contribution in [1.82, 2.24) is 0 Å². The first-order valence-electron chi connectivity index (χ1n) is 4.60. The molecule has 0 radical (unpaired) electrons. The number of hydrogen-bond donors (Lipinski definition) is 3. The van der Waals surface area contributed by atoms with Gasteiger partial charge in [0.1, 0.15) is 12.4 Å². The van der Waals surface area contributed by atoms with E-state index in [1.807, 2.05) is 0 Å². The Labute approximate surface area is 102 Å². The Morgan fingerprint density at radius 2 is 2.12 bits per heavy atom. The summed E-state index contributed by atoms with van der Waals surface area (Å²) in [6, 6.07) is 3.54. The number of nitrogens with one attached hydrogen (secondary N) is 1. The third kappa shape index (κ3) is 3.84. The molecular formula is C10H10ClNO5. The van der Waals surface area contributed by atoms with Crippen LogP contribution in [0.2, 0.25) is 0 Å². The van der Waals surface area contributed by atoms with Gasteiger partial charge < -0.3 is 14.9 Å². The van der Waals surface area contributed by atoms with E-state index in [4.69, 9.17) is 16.7 Å². The Balaban J connectivity index is 2.72. The van der Waals surface area contributed by atoms with E-state index in [-0.39, 0.29) is 29.5 Å². The van der Waals surface area contributed by atoms with Crippen molar-refractivity contribution in [2.24, 2.45) is 0 Å². The predicted octanol–water partition coefficient (Wildman–Crippen LogP) is 1.88. The van der Waals surface area contributed by atoms with Gasteiger partial charge in [-0.2, -0.15) is 0 Å². The normalized spacial score (nSPS) is 9.71. The van der Waals surface area contributed by atoms with E-state index in [2.05, 4.69) is 10.1 Å². The van der Waals surface area contributed by atoms with Crippen molar-refractivity contribution in [3.8, 4) is 5.75 Å². The molecular weight excluding hydrogens is 250 g/mol. The number of carboxylic acids is 1. The van der Waals surface area contributed by atoms with Crippen LogP contribution >= 0.6 is 11.6 Å². The molecule has 1 rings (SSSR count). The lowest BCUT2D eigenvalue weighted by molar-refractivity contribution is 0.0696. The van der Waals surface area contributed by atoms with Gasteiger partial charge in [-0.25, -0.2) is 9.59 Å². The smallest absolute Gasteiger partial charge is 0.411 e. The molecule has 0 aliphatic rings. The molecule has 1 amide bonds. The maximum Gasteiger partial charge on any atom is 0.411 e. The maximum atomic E-state index is 11.1. The van der Waals surface area contributed by atoms with Gasteiger partial charge >= 0.3 is 12.1 Å². The molecule has 0 aliphatic heterocycles. The first-order valence-corrected chi connectivity index (χ1v) is 5.14. The van der Waals surface area contributed by atoms with E-state index in [1.165, 1.54) is 12.1 Å². The number of aromatic carboxylic acids is 1. The molecule has 0 saturated carbocycles. The van der Waals surface area contributed by atoms with Crippen molar-refractivity contribution in [3.05, 3.63) is 23.8 Å². The lowest BCUT2D eigenvalue weighted by atomic mass is 10.2. The van der Waals surface area contributed by atoms with Crippen LogP contribution in [0.3, 0.4) is 0 Å². The zero-order valence-corrected chi connectivity index (χ0v) is 9.40. The highest BCUT2D eigenvalue weighted by Gasteiger charge is 2.10. The second-order valence-electron chi connectivity index (χ2n) is 2.99. The van der Waals surface area contributed by atoms with Gasteiger partial charge in [-0.3, -0.25) is 5.32 Å². The van der Waals surface area contributed by atoms with E-state index in [0.717, 1.165) is 6.07 Å². The van der Waals surface area contributed by atoms with Gasteiger partial charge in [0.25, 0.3) is 0 Å². The number of phenolic OH excluding ortho intramolecular Hbond substituents is 1. The average molecular weight is 260 g/mol. The minimum Gasteiger partial charge on any atom is -0.506 e. The molecule has 0 aromatic heterocycles. The third-order valence-electron chi connectivity index (χ3n) is 1.79. The number of benzene rings is 1. The summed E-state index contributed by atoms with van der Waals surface area (Å²) in [5.41, 5.74) is -0.0169. The quantitative estimate of drug-likeness (QED) is 0.567. The van der Waals surface area contributed by atoms with Gasteiger partial charge in [-0.15, -0.1) is 11.6 Å². The van der Waals surface area contributed by atoms with Crippen molar-refractivity contribution in [3.63, 3.8) is 0 Å². The lowest BCUT2D eigenvalue weighted by Gasteiger charge is -2.07. The molecule has 6 nitrogen and oxygen atoms in total. The number of aromatic hydroxyl groups is 1. The second-order valence-corrected chi connectivity index (χ2v) is 3.36. The standard InChI is InChI=1S/C10H10ClNO5/c11-3-4-17-10(16)12-7-2-1-6(9(14)15)5-8(7)13/h1-2,5,13H,3-4H2,(H,12,16)(H,14,15). The largest absolute Gasteiger partial charge is 0.506 e. The van der Waals surface area contributed by atoms with Crippen LogP contribution in [-0.4, -0.2) is 34.8 Å². The highest BCUT2D eigenvalue weighted by atomic mass is 35.5. The molecule has 0 bridgehead atoms. The van der Waals surface area contributed by atoms with Gasteiger partial charge in [-0.05, 0) is 18.2 Å². The van der Waals surface area contributed by atoms with Crippen LogP contribution in [0.1, 0.15) is 10.4 Å². The van der Waals surface area contributed by atoms with Crippen LogP contribution in [0, 0.1) is 0 Å². The average Bonchev–Trinajstić information content (AvgIpc) is 2.28. The Morgan fingerprint density at radius 1 is 1.41 bits per heavy atom. The highest BCUT2D eigenvalue weighted by Crippen LogP contribution is 2.24. The van der Waals surface area contributed by atoms with Gasteiger partial charge in [-0.1, -0.05) is 0 Å². The molecule has 0 atom stereocenters. The monoisotopic (exact) mass is 259 g/mol. The Hall–Kier alpha value is -1.95. The Bertz CT molecular complexity index is 435. The minimum atomic E-state index is -1.17. The number of carbonyl (C=O) groups is 2. The first-order chi connectivity index (χ1) is 8.04. The summed E-state index contributed by atoms with van der Waals surface area (Å²) in [5, 5.41) is 20.4. The zero-order valence-electron chi connectivity index (χ0n) is 8.64. The van der Waals surface area contributed by atoms with Crippen molar-refractivity contribution in [2.75, 3.05) is 17.8 Å². The fourth-order valence-corrected chi connectivity index (χ4v) is 1.12. The van der Waals surface area contributed by atoms with Crippen LogP contribution in [0.4, 0.5) is 10.5 Å². The summed E-state index contributed by atoms with van der Waals surface area (Å²) in [5.74, 6) is -1.36. The van der Waals surface area contributed by atoms with Crippen molar-refractivity contribution in [1.29, 1.82) is 0 Å². The fourth-order valence-electron chi connectivity index (χ4n) is 1.05. The summed E-state index contributed by atoms with van der Waals surface area (Å²) in [6.45, 7) is 0.0430. The summed E-state index contributed by atoms with van der Waals surface area (Å²) in [6.07, 6.45) is -0.774. The molecule has 0 saturated heterocycles. The molecule has 1 aromatic rings. The first kappa shape index (κ1) is 13.1. The number of carboxylic acid groups (broad SMARTS) is 1. The molecule has 0 fully saturated rings. The molecule has 0 unspecified atom stereocenters. The molecule has 0 heterocycles. The number of amides is 1.